The number of aromatic carboxylic acids is 1. The Morgan fingerprint density at radius 1 is 1.15 bits per heavy atom. The van der Waals surface area contributed by atoms with Crippen LogP contribution in [0.25, 0.3) is 0 Å². The molecular formula is C15H20N2O3. The summed E-state index contributed by atoms with van der Waals surface area (Å²) in [6.07, 6.45) is 4.48. The van der Waals surface area contributed by atoms with E-state index >= 15 is 0 Å². The molecule has 1 saturated heterocycles. The number of nitrogens with zero attached hydrogens (tertiary/aromatic N) is 1. The SMILES string of the molecule is O=C(O)c1cccc(CNC(=O)N2CCCCCC2)c1. The maximum absolute atomic E-state index is 12.0. The number of hydrogen-bond acceptors (Lipinski definition) is 2. The highest BCUT2D eigenvalue weighted by molar-refractivity contribution is 5.87. The van der Waals surface area contributed by atoms with Crippen LogP contribution < -0.4 is 5.32 Å². The fraction of sp³-hybridized carbons (Fsp3) is 0.467. The first-order valence-corrected chi connectivity index (χ1v) is 7.02. The lowest BCUT2D eigenvalue weighted by atomic mass is 10.1. The molecule has 1 aliphatic heterocycles. The van der Waals surface area contributed by atoms with Gasteiger partial charge in [-0.3, -0.25) is 0 Å². The van der Waals surface area contributed by atoms with Crippen molar-refractivity contribution in [2.75, 3.05) is 13.1 Å². The van der Waals surface area contributed by atoms with Gasteiger partial charge >= 0.3 is 12.0 Å². The zero-order valence-corrected chi connectivity index (χ0v) is 11.5. The topological polar surface area (TPSA) is 69.6 Å². The first-order chi connectivity index (χ1) is 9.66. The molecule has 108 valence electrons. The van der Waals surface area contributed by atoms with Gasteiger partial charge in [-0.1, -0.05) is 25.0 Å². The molecular weight excluding hydrogens is 256 g/mol. The van der Waals surface area contributed by atoms with Crippen molar-refractivity contribution < 1.29 is 14.7 Å². The average molecular weight is 276 g/mol. The van der Waals surface area contributed by atoms with Crippen molar-refractivity contribution in [2.24, 2.45) is 0 Å². The molecule has 1 aromatic rings. The molecule has 1 fully saturated rings. The van der Waals surface area contributed by atoms with Gasteiger partial charge in [0.1, 0.15) is 0 Å². The Morgan fingerprint density at radius 2 is 1.85 bits per heavy atom. The number of hydrogen-bond donors (Lipinski definition) is 2. The molecule has 0 aromatic heterocycles. The van der Waals surface area contributed by atoms with Crippen LogP contribution >= 0.6 is 0 Å². The highest BCUT2D eigenvalue weighted by Crippen LogP contribution is 2.10. The van der Waals surface area contributed by atoms with E-state index in [0.29, 0.717) is 6.54 Å². The van der Waals surface area contributed by atoms with Gasteiger partial charge < -0.3 is 15.3 Å². The van der Waals surface area contributed by atoms with E-state index in [1.54, 1.807) is 18.2 Å². The predicted molar refractivity (Wildman–Crippen MR) is 75.7 cm³/mol. The van der Waals surface area contributed by atoms with E-state index in [1.165, 1.54) is 12.8 Å². The van der Waals surface area contributed by atoms with Gasteiger partial charge in [-0.25, -0.2) is 9.59 Å². The van der Waals surface area contributed by atoms with Crippen molar-refractivity contribution in [3.63, 3.8) is 0 Å². The lowest BCUT2D eigenvalue weighted by Crippen LogP contribution is -2.40. The lowest BCUT2D eigenvalue weighted by molar-refractivity contribution is 0.0696. The molecule has 0 saturated carbocycles. The molecule has 2 N–H and O–H groups in total. The van der Waals surface area contributed by atoms with Crippen LogP contribution in [0, 0.1) is 0 Å². The molecule has 0 spiro atoms. The van der Waals surface area contributed by atoms with E-state index in [0.717, 1.165) is 31.5 Å². The second-order valence-electron chi connectivity index (χ2n) is 5.07. The average Bonchev–Trinajstić information content (AvgIpc) is 2.74. The van der Waals surface area contributed by atoms with E-state index in [4.69, 9.17) is 5.11 Å². The normalized spacial score (nSPS) is 15.5. The molecule has 1 aliphatic rings. The molecule has 5 nitrogen and oxygen atoms in total. The minimum absolute atomic E-state index is 0.0624. The number of rotatable bonds is 3. The number of carbonyl (C=O) groups excluding carboxylic acids is 1. The maximum Gasteiger partial charge on any atom is 0.335 e. The van der Waals surface area contributed by atoms with Gasteiger partial charge in [-0.15, -0.1) is 0 Å². The van der Waals surface area contributed by atoms with Crippen molar-refractivity contribution in [1.29, 1.82) is 0 Å². The zero-order valence-electron chi connectivity index (χ0n) is 11.5. The third-order valence-corrected chi connectivity index (χ3v) is 3.51. The van der Waals surface area contributed by atoms with Gasteiger partial charge in [0.2, 0.25) is 0 Å². The van der Waals surface area contributed by atoms with Crippen LogP contribution in [-0.4, -0.2) is 35.1 Å². The summed E-state index contributed by atoms with van der Waals surface area (Å²) in [6, 6.07) is 6.58. The highest BCUT2D eigenvalue weighted by Gasteiger charge is 2.14. The van der Waals surface area contributed by atoms with Crippen molar-refractivity contribution in [3.05, 3.63) is 35.4 Å². The first kappa shape index (κ1) is 14.4. The van der Waals surface area contributed by atoms with E-state index in [1.807, 2.05) is 11.0 Å². The minimum Gasteiger partial charge on any atom is -0.478 e. The summed E-state index contributed by atoms with van der Waals surface area (Å²) in [5, 5.41) is 11.8. The van der Waals surface area contributed by atoms with Crippen molar-refractivity contribution >= 4 is 12.0 Å². The highest BCUT2D eigenvalue weighted by atomic mass is 16.4. The third-order valence-electron chi connectivity index (χ3n) is 3.51. The molecule has 0 atom stereocenters. The van der Waals surface area contributed by atoms with Gasteiger partial charge in [-0.05, 0) is 30.5 Å². The van der Waals surface area contributed by atoms with Crippen LogP contribution in [0.15, 0.2) is 24.3 Å². The smallest absolute Gasteiger partial charge is 0.335 e. The summed E-state index contributed by atoms with van der Waals surface area (Å²) in [5.74, 6) is -0.953. The van der Waals surface area contributed by atoms with Crippen LogP contribution in [0.4, 0.5) is 4.79 Å². The third kappa shape index (κ3) is 3.98. The van der Waals surface area contributed by atoms with Gasteiger partial charge in [0, 0.05) is 19.6 Å². The Morgan fingerprint density at radius 3 is 2.50 bits per heavy atom. The summed E-state index contributed by atoms with van der Waals surface area (Å²) >= 11 is 0. The Labute approximate surface area is 118 Å². The molecule has 5 heteroatoms. The van der Waals surface area contributed by atoms with E-state index in [-0.39, 0.29) is 11.6 Å². The molecule has 0 unspecified atom stereocenters. The maximum atomic E-state index is 12.0. The quantitative estimate of drug-likeness (QED) is 0.891. The largest absolute Gasteiger partial charge is 0.478 e. The molecule has 2 amide bonds. The number of urea groups is 1. The number of nitrogens with one attached hydrogen (secondary N) is 1. The lowest BCUT2D eigenvalue weighted by Gasteiger charge is -2.20. The van der Waals surface area contributed by atoms with Crippen LogP contribution in [0.1, 0.15) is 41.6 Å². The Kier molecular flexibility index (Phi) is 4.98. The summed E-state index contributed by atoms with van der Waals surface area (Å²) in [7, 11) is 0. The first-order valence-electron chi connectivity index (χ1n) is 7.02. The van der Waals surface area contributed by atoms with Gasteiger partial charge in [-0.2, -0.15) is 0 Å². The fourth-order valence-electron chi connectivity index (χ4n) is 2.38. The van der Waals surface area contributed by atoms with Gasteiger partial charge in [0.15, 0.2) is 0 Å². The van der Waals surface area contributed by atoms with E-state index in [2.05, 4.69) is 5.32 Å². The number of likely N-dealkylation sites (tertiary alicyclic amines) is 1. The Hall–Kier alpha value is -2.04. The van der Waals surface area contributed by atoms with Crippen LogP contribution in [0.2, 0.25) is 0 Å². The number of carbonyl (C=O) groups is 2. The molecule has 2 rings (SSSR count). The molecule has 0 bridgehead atoms. The van der Waals surface area contributed by atoms with Crippen LogP contribution in [-0.2, 0) is 6.54 Å². The Bertz CT molecular complexity index is 480. The molecule has 20 heavy (non-hydrogen) atoms. The van der Waals surface area contributed by atoms with Crippen molar-refractivity contribution in [2.45, 2.75) is 32.2 Å². The standard InChI is InChI=1S/C15H20N2O3/c18-14(19)13-7-5-6-12(10-13)11-16-15(20)17-8-3-1-2-4-9-17/h5-7,10H,1-4,8-9,11H2,(H,16,20)(H,18,19). The fourth-order valence-corrected chi connectivity index (χ4v) is 2.38. The van der Waals surface area contributed by atoms with Crippen molar-refractivity contribution in [3.8, 4) is 0 Å². The van der Waals surface area contributed by atoms with Crippen LogP contribution in [0.5, 0.6) is 0 Å². The molecule has 1 heterocycles. The summed E-state index contributed by atoms with van der Waals surface area (Å²) in [6.45, 7) is 1.97. The molecule has 0 radical (unpaired) electrons. The summed E-state index contributed by atoms with van der Waals surface area (Å²) in [5.41, 5.74) is 1.04. The Balaban J connectivity index is 1.89. The summed E-state index contributed by atoms with van der Waals surface area (Å²) in [4.78, 5) is 24.8. The van der Waals surface area contributed by atoms with Crippen molar-refractivity contribution in [1.82, 2.24) is 10.2 Å². The van der Waals surface area contributed by atoms with Gasteiger partial charge in [0.05, 0.1) is 5.56 Å². The van der Waals surface area contributed by atoms with Gasteiger partial charge in [0.25, 0.3) is 0 Å². The minimum atomic E-state index is -0.953. The monoisotopic (exact) mass is 276 g/mol. The predicted octanol–water partition coefficient (Wildman–Crippen LogP) is 2.47. The number of carboxylic acid groups (broad SMARTS) is 1. The van der Waals surface area contributed by atoms with E-state index in [9.17, 15) is 9.59 Å². The molecule has 1 aromatic carbocycles. The number of amides is 2. The van der Waals surface area contributed by atoms with Crippen LogP contribution in [0.3, 0.4) is 0 Å². The number of carboxylic acids is 1. The second-order valence-corrected chi connectivity index (χ2v) is 5.07. The zero-order chi connectivity index (χ0) is 14.4. The second kappa shape index (κ2) is 6.93. The summed E-state index contributed by atoms with van der Waals surface area (Å²) < 4.78 is 0. The molecule has 0 aliphatic carbocycles. The van der Waals surface area contributed by atoms with E-state index < -0.39 is 5.97 Å². The number of benzene rings is 1.